The summed E-state index contributed by atoms with van der Waals surface area (Å²) in [4.78, 5) is 22.7. The second-order valence-corrected chi connectivity index (χ2v) is 5.75. The summed E-state index contributed by atoms with van der Waals surface area (Å²) in [5, 5.41) is 0. The van der Waals surface area contributed by atoms with Gasteiger partial charge in [0.15, 0.2) is 0 Å². The van der Waals surface area contributed by atoms with E-state index in [4.69, 9.17) is 9.47 Å². The zero-order valence-corrected chi connectivity index (χ0v) is 15.2. The van der Waals surface area contributed by atoms with Crippen LogP contribution >= 0.6 is 0 Å². The fourth-order valence-corrected chi connectivity index (χ4v) is 2.28. The van der Waals surface area contributed by atoms with Crippen molar-refractivity contribution in [3.05, 3.63) is 71.8 Å². The number of carbonyl (C=O) groups is 2. The fourth-order valence-electron chi connectivity index (χ4n) is 2.28. The Hall–Kier alpha value is -2.94. The number of hydrogen-bond donors (Lipinski definition) is 0. The van der Waals surface area contributed by atoms with Gasteiger partial charge in [-0.1, -0.05) is 66.6 Å². The fraction of sp³-hybridized carbons (Fsp3) is 0.273. The summed E-state index contributed by atoms with van der Waals surface area (Å²) >= 11 is 0. The first-order valence-electron chi connectivity index (χ1n) is 8.57. The molecule has 0 N–H and O–H groups in total. The molecule has 27 heavy (non-hydrogen) atoms. The van der Waals surface area contributed by atoms with E-state index in [0.29, 0.717) is 13.2 Å². The summed E-state index contributed by atoms with van der Waals surface area (Å²) < 4.78 is 16.0. The summed E-state index contributed by atoms with van der Waals surface area (Å²) in [5.74, 6) is 4.43. The van der Waals surface area contributed by atoms with E-state index in [1.807, 2.05) is 60.7 Å². The Kier molecular flexibility index (Phi) is 8.78. The first-order valence-corrected chi connectivity index (χ1v) is 8.57. The Bertz CT molecular complexity index is 762. The van der Waals surface area contributed by atoms with Crippen LogP contribution in [-0.4, -0.2) is 31.6 Å². The standard InChI is InChI=1S/C22H22O5/c1-25-22(24)13-12-20(26-16-18-8-4-2-5-9-18)14-21(15-23)27-17-19-10-6-3-7-11-19/h2-11,15,20-21H,14,16-17H2,1H3/t20-,21+/m1/s1. The number of esters is 1. The van der Waals surface area contributed by atoms with Crippen LogP contribution in [0, 0.1) is 11.8 Å². The Labute approximate surface area is 159 Å². The van der Waals surface area contributed by atoms with Gasteiger partial charge in [0.2, 0.25) is 0 Å². The molecule has 0 aliphatic rings. The molecule has 2 atom stereocenters. The van der Waals surface area contributed by atoms with Crippen LogP contribution in [-0.2, 0) is 37.0 Å². The van der Waals surface area contributed by atoms with Gasteiger partial charge >= 0.3 is 5.97 Å². The van der Waals surface area contributed by atoms with Gasteiger partial charge in [-0.2, -0.15) is 0 Å². The Morgan fingerprint density at radius 1 is 0.963 bits per heavy atom. The third-order valence-electron chi connectivity index (χ3n) is 3.72. The minimum Gasteiger partial charge on any atom is -0.459 e. The first-order chi connectivity index (χ1) is 13.2. The molecule has 0 aliphatic heterocycles. The van der Waals surface area contributed by atoms with Gasteiger partial charge in [-0.15, -0.1) is 0 Å². The Balaban J connectivity index is 1.97. The van der Waals surface area contributed by atoms with Gasteiger partial charge in [0.1, 0.15) is 18.5 Å². The molecule has 0 amide bonds. The van der Waals surface area contributed by atoms with Crippen LogP contribution in [0.25, 0.3) is 0 Å². The van der Waals surface area contributed by atoms with E-state index in [2.05, 4.69) is 16.6 Å². The smallest absolute Gasteiger partial charge is 0.384 e. The van der Waals surface area contributed by atoms with Crippen molar-refractivity contribution in [3.63, 3.8) is 0 Å². The number of benzene rings is 2. The lowest BCUT2D eigenvalue weighted by molar-refractivity contribution is -0.133. The number of methoxy groups -OCH3 is 1. The molecule has 5 nitrogen and oxygen atoms in total. The van der Waals surface area contributed by atoms with Crippen LogP contribution in [0.5, 0.6) is 0 Å². The molecule has 0 aliphatic carbocycles. The molecule has 2 aromatic carbocycles. The number of ether oxygens (including phenoxy) is 3. The lowest BCUT2D eigenvalue weighted by Gasteiger charge is -2.17. The van der Waals surface area contributed by atoms with Crippen molar-refractivity contribution in [2.45, 2.75) is 31.8 Å². The molecule has 0 saturated carbocycles. The quantitative estimate of drug-likeness (QED) is 0.296. The highest BCUT2D eigenvalue weighted by atomic mass is 16.5. The number of carbonyl (C=O) groups excluding carboxylic acids is 2. The van der Waals surface area contributed by atoms with Gasteiger partial charge in [-0.05, 0) is 11.1 Å². The van der Waals surface area contributed by atoms with E-state index in [9.17, 15) is 9.59 Å². The van der Waals surface area contributed by atoms with E-state index >= 15 is 0 Å². The van der Waals surface area contributed by atoms with Gasteiger partial charge in [-0.25, -0.2) is 4.79 Å². The number of rotatable bonds is 9. The van der Waals surface area contributed by atoms with Crippen molar-refractivity contribution in [2.75, 3.05) is 7.11 Å². The third kappa shape index (κ3) is 7.87. The predicted octanol–water partition coefficient (Wildman–Crippen LogP) is 2.92. The molecule has 2 aromatic rings. The summed E-state index contributed by atoms with van der Waals surface area (Å²) in [6.45, 7) is 0.617. The lowest BCUT2D eigenvalue weighted by atomic mass is 10.1. The molecule has 0 aromatic heterocycles. The number of aldehydes is 1. The molecule has 0 bridgehead atoms. The van der Waals surface area contributed by atoms with Gasteiger partial charge in [0, 0.05) is 12.3 Å². The van der Waals surface area contributed by atoms with E-state index in [1.54, 1.807) is 0 Å². The zero-order chi connectivity index (χ0) is 19.3. The maximum Gasteiger partial charge on any atom is 0.384 e. The van der Waals surface area contributed by atoms with E-state index in [-0.39, 0.29) is 6.42 Å². The highest BCUT2D eigenvalue weighted by Gasteiger charge is 2.16. The highest BCUT2D eigenvalue weighted by molar-refractivity contribution is 5.88. The Morgan fingerprint density at radius 3 is 2.04 bits per heavy atom. The van der Waals surface area contributed by atoms with Crippen LogP contribution in [0.4, 0.5) is 0 Å². The molecule has 0 fully saturated rings. The topological polar surface area (TPSA) is 61.8 Å². The van der Waals surface area contributed by atoms with Crippen LogP contribution in [0.3, 0.4) is 0 Å². The highest BCUT2D eigenvalue weighted by Crippen LogP contribution is 2.11. The lowest BCUT2D eigenvalue weighted by Crippen LogP contribution is -2.24. The van der Waals surface area contributed by atoms with Crippen LogP contribution in [0.2, 0.25) is 0 Å². The van der Waals surface area contributed by atoms with E-state index in [0.717, 1.165) is 17.4 Å². The van der Waals surface area contributed by atoms with Crippen LogP contribution in [0.1, 0.15) is 17.5 Å². The average molecular weight is 366 g/mol. The van der Waals surface area contributed by atoms with E-state index < -0.39 is 18.2 Å². The van der Waals surface area contributed by atoms with Crippen molar-refractivity contribution in [1.82, 2.24) is 0 Å². The number of hydrogen-bond acceptors (Lipinski definition) is 5. The second kappa shape index (κ2) is 11.6. The van der Waals surface area contributed by atoms with E-state index in [1.165, 1.54) is 7.11 Å². The molecule has 0 heterocycles. The van der Waals surface area contributed by atoms with Crippen LogP contribution < -0.4 is 0 Å². The largest absolute Gasteiger partial charge is 0.459 e. The van der Waals surface area contributed by atoms with Crippen molar-refractivity contribution in [2.24, 2.45) is 0 Å². The van der Waals surface area contributed by atoms with Gasteiger partial charge in [0.05, 0.1) is 20.3 Å². The predicted molar refractivity (Wildman–Crippen MR) is 101 cm³/mol. The van der Waals surface area contributed by atoms with Gasteiger partial charge < -0.3 is 19.0 Å². The van der Waals surface area contributed by atoms with Crippen molar-refractivity contribution >= 4 is 12.3 Å². The minimum atomic E-state index is -0.696. The molecular formula is C22H22O5. The summed E-state index contributed by atoms with van der Waals surface area (Å²) in [7, 11) is 1.26. The molecule has 2 rings (SSSR count). The molecular weight excluding hydrogens is 344 g/mol. The van der Waals surface area contributed by atoms with Crippen molar-refractivity contribution in [3.8, 4) is 11.8 Å². The molecule has 0 unspecified atom stereocenters. The summed E-state index contributed by atoms with van der Waals surface area (Å²) in [6.07, 6.45) is -0.400. The summed E-state index contributed by atoms with van der Waals surface area (Å²) in [6, 6.07) is 19.1. The molecule has 0 radical (unpaired) electrons. The van der Waals surface area contributed by atoms with Gasteiger partial charge in [0.25, 0.3) is 0 Å². The Morgan fingerprint density at radius 2 is 1.52 bits per heavy atom. The normalized spacial score (nSPS) is 12.3. The maximum atomic E-state index is 11.4. The maximum absolute atomic E-state index is 11.4. The van der Waals surface area contributed by atoms with Crippen molar-refractivity contribution < 1.29 is 23.8 Å². The average Bonchev–Trinajstić information content (AvgIpc) is 2.73. The zero-order valence-electron chi connectivity index (χ0n) is 15.2. The first kappa shape index (κ1) is 20.4. The SMILES string of the molecule is COC(=O)C#C[C@H](C[C@@H](C=O)OCc1ccccc1)OCc1ccccc1. The summed E-state index contributed by atoms with van der Waals surface area (Å²) in [5.41, 5.74) is 1.93. The monoisotopic (exact) mass is 366 g/mol. The van der Waals surface area contributed by atoms with Crippen molar-refractivity contribution in [1.29, 1.82) is 0 Å². The molecule has 0 saturated heterocycles. The van der Waals surface area contributed by atoms with Gasteiger partial charge in [-0.3, -0.25) is 0 Å². The second-order valence-electron chi connectivity index (χ2n) is 5.75. The van der Waals surface area contributed by atoms with Crippen LogP contribution in [0.15, 0.2) is 60.7 Å². The minimum absolute atomic E-state index is 0.215. The molecule has 5 heteroatoms. The molecule has 0 spiro atoms. The molecule has 140 valence electrons. The third-order valence-corrected chi connectivity index (χ3v) is 3.72.